The van der Waals surface area contributed by atoms with Gasteiger partial charge >= 0.3 is 55.4 Å². The molecule has 328 valence electrons. The first kappa shape index (κ1) is 48.1. The van der Waals surface area contributed by atoms with Gasteiger partial charge in [0.15, 0.2) is 0 Å². The van der Waals surface area contributed by atoms with E-state index in [2.05, 4.69) is 262 Å². The summed E-state index contributed by atoms with van der Waals surface area (Å²) in [6.45, 7) is 0. The summed E-state index contributed by atoms with van der Waals surface area (Å²) in [5.41, 5.74) is 10.4. The molecular weight excluding hydrogens is 1050 g/mol. The minimum atomic E-state index is -0.947. The van der Waals surface area contributed by atoms with Crippen LogP contribution in [0.3, 0.4) is 0 Å². The predicted octanol–water partition coefficient (Wildman–Crippen LogP) is 13.0. The molecule has 0 fully saturated rings. The Bertz CT molecular complexity index is 2340. The maximum absolute atomic E-state index is 6.79. The third-order valence-electron chi connectivity index (χ3n) is 11.2. The first-order valence-electron chi connectivity index (χ1n) is 21.3. The zero-order valence-electron chi connectivity index (χ0n) is 35.2. The summed E-state index contributed by atoms with van der Waals surface area (Å²) in [6, 6.07) is 76.7. The predicted molar refractivity (Wildman–Crippen MR) is 264 cm³/mol. The Morgan fingerprint density at radius 2 is 0.578 bits per heavy atom. The molecule has 0 aromatic heterocycles. The molecule has 8 aromatic rings. The minimum Gasteiger partial charge on any atom is -0.490 e. The van der Waals surface area contributed by atoms with Gasteiger partial charge in [0.1, 0.15) is 16.3 Å². The number of rotatable bonds is 8. The van der Waals surface area contributed by atoms with Gasteiger partial charge in [-0.3, -0.25) is 0 Å². The molecule has 0 unspecified atom stereocenters. The van der Waals surface area contributed by atoms with Crippen molar-refractivity contribution in [3.05, 3.63) is 251 Å². The molecule has 0 amide bonds. The summed E-state index contributed by atoms with van der Waals surface area (Å²) >= 11 is 4.44. The van der Waals surface area contributed by atoms with E-state index in [0.29, 0.717) is 0 Å². The molecule has 0 atom stereocenters. The molecule has 8 heteroatoms. The standard InChI is InChI=1S/2C28H24OP.2ClH.2Pd/c2*1-3-7-26(8-4-1)30(27-9-5-2-6-10-27)29-28-21-24-16-15-22-11-13-23(14-12-22)17-19-25(28)20-18-24;;;;/h2*1-14,18,20H,15-17,19H2;2*1H;;/q2*-1;;;2*+2/p-2. The van der Waals surface area contributed by atoms with Gasteiger partial charge in [-0.15, -0.1) is 23.3 Å². The molecule has 8 aliphatic carbocycles. The van der Waals surface area contributed by atoms with Crippen molar-refractivity contribution in [2.75, 3.05) is 0 Å². The molecule has 8 bridgehead atoms. The van der Waals surface area contributed by atoms with Crippen LogP contribution >= 0.6 is 35.4 Å². The van der Waals surface area contributed by atoms with Crippen molar-refractivity contribution < 1.29 is 45.4 Å². The zero-order valence-corrected chi connectivity index (χ0v) is 41.6. The van der Waals surface area contributed by atoms with Gasteiger partial charge in [-0.2, -0.15) is 35.4 Å². The van der Waals surface area contributed by atoms with Crippen LogP contribution in [0.15, 0.2) is 194 Å². The van der Waals surface area contributed by atoms with E-state index < -0.39 is 16.3 Å². The SMILES string of the molecule is [Cl][Pd+].[Cl][Pd+].[c-]1c2ccc(c1OP(c1ccccc1)c1ccccc1)CCc1ccc(cc1)CC2.[c-]1c2ccc(c1OP(c1ccccc1)c1ccccc1)CCc1ccc(cc1)CC2. The summed E-state index contributed by atoms with van der Waals surface area (Å²) in [5.74, 6) is 1.84. The third-order valence-corrected chi connectivity index (χ3v) is 15.0. The molecular formula is C56H48Cl2O2P2Pd2. The van der Waals surface area contributed by atoms with E-state index >= 15 is 0 Å². The van der Waals surface area contributed by atoms with E-state index in [0.717, 1.165) is 62.9 Å². The Morgan fingerprint density at radius 1 is 0.312 bits per heavy atom. The normalized spacial score (nSPS) is 12.5. The average molecular weight is 1100 g/mol. The van der Waals surface area contributed by atoms with Gasteiger partial charge in [0.2, 0.25) is 0 Å². The summed E-state index contributed by atoms with van der Waals surface area (Å²) in [5, 5.41) is 4.89. The van der Waals surface area contributed by atoms with Gasteiger partial charge < -0.3 is 9.05 Å². The van der Waals surface area contributed by atoms with Crippen molar-refractivity contribution >= 4 is 56.6 Å². The largest absolute Gasteiger partial charge is 0.490 e. The van der Waals surface area contributed by atoms with Gasteiger partial charge in [0.25, 0.3) is 0 Å². The number of halogens is 2. The second-order valence-corrected chi connectivity index (χ2v) is 19.0. The van der Waals surface area contributed by atoms with Crippen molar-refractivity contribution in [2.45, 2.75) is 51.4 Å². The Hall–Kier alpha value is -3.88. The van der Waals surface area contributed by atoms with Crippen LogP contribution < -0.4 is 30.3 Å². The third kappa shape index (κ3) is 13.6. The molecule has 0 saturated heterocycles. The second-order valence-electron chi connectivity index (χ2n) is 15.4. The van der Waals surface area contributed by atoms with Crippen molar-refractivity contribution in [2.24, 2.45) is 0 Å². The molecule has 0 aliphatic heterocycles. The molecule has 16 rings (SSSR count). The van der Waals surface area contributed by atoms with E-state index in [4.69, 9.17) is 9.05 Å². The summed E-state index contributed by atoms with van der Waals surface area (Å²) < 4.78 is 13.6. The Labute approximate surface area is 412 Å². The van der Waals surface area contributed by atoms with Crippen LogP contribution in [0.4, 0.5) is 0 Å². The quantitative estimate of drug-likeness (QED) is 0.0858. The summed E-state index contributed by atoms with van der Waals surface area (Å²) in [6.07, 6.45) is 7.95. The molecule has 0 radical (unpaired) electrons. The Morgan fingerprint density at radius 3 is 0.859 bits per heavy atom. The second kappa shape index (κ2) is 25.7. The molecule has 0 saturated carbocycles. The Kier molecular flexibility index (Phi) is 19.3. The molecule has 0 spiro atoms. The first-order valence-corrected chi connectivity index (χ1v) is 27.9. The molecule has 8 aromatic carbocycles. The van der Waals surface area contributed by atoms with Gasteiger partial charge in [-0.25, -0.2) is 0 Å². The monoisotopic (exact) mass is 1100 g/mol. The topological polar surface area (TPSA) is 18.5 Å². The van der Waals surface area contributed by atoms with E-state index in [1.807, 2.05) is 0 Å². The zero-order chi connectivity index (χ0) is 44.4. The summed E-state index contributed by atoms with van der Waals surface area (Å²) in [4.78, 5) is 0. The number of aryl methyl sites for hydroxylation is 8. The smallest absolute Gasteiger partial charge is 0.147 e. The van der Waals surface area contributed by atoms with E-state index in [1.165, 1.54) is 65.7 Å². The number of hydrogen-bond acceptors (Lipinski definition) is 2. The van der Waals surface area contributed by atoms with Crippen LogP contribution in [0.5, 0.6) is 11.5 Å². The van der Waals surface area contributed by atoms with Gasteiger partial charge in [-0.05, 0) is 60.8 Å². The van der Waals surface area contributed by atoms with Gasteiger partial charge in [-0.1, -0.05) is 183 Å². The van der Waals surface area contributed by atoms with Crippen LogP contribution in [0, 0.1) is 12.1 Å². The van der Waals surface area contributed by atoms with Gasteiger partial charge in [0.05, 0.1) is 0 Å². The van der Waals surface area contributed by atoms with Crippen LogP contribution in [-0.2, 0) is 87.7 Å². The fourth-order valence-corrected chi connectivity index (χ4v) is 11.2. The first-order chi connectivity index (χ1) is 31.7. The average Bonchev–Trinajstić information content (AvgIpc) is 3.37. The minimum absolute atomic E-state index is 0.918. The van der Waals surface area contributed by atoms with Crippen LogP contribution in [0.25, 0.3) is 0 Å². The van der Waals surface area contributed by atoms with Crippen molar-refractivity contribution in [1.82, 2.24) is 0 Å². The van der Waals surface area contributed by atoms with Gasteiger partial charge in [0, 0.05) is 32.7 Å². The fraction of sp³-hybridized carbons (Fsp3) is 0.143. The van der Waals surface area contributed by atoms with E-state index in [9.17, 15) is 0 Å². The Balaban J connectivity index is 0.000000178. The van der Waals surface area contributed by atoms with Crippen molar-refractivity contribution in [1.29, 1.82) is 0 Å². The molecule has 0 N–H and O–H groups in total. The molecule has 2 nitrogen and oxygen atoms in total. The maximum atomic E-state index is 6.79. The van der Waals surface area contributed by atoms with Crippen molar-refractivity contribution in [3.8, 4) is 11.5 Å². The summed E-state index contributed by atoms with van der Waals surface area (Å²) in [7, 11) is 7.08. The molecule has 0 heterocycles. The molecule has 8 aliphatic rings. The van der Waals surface area contributed by atoms with Crippen LogP contribution in [-0.4, -0.2) is 0 Å². The van der Waals surface area contributed by atoms with Crippen LogP contribution in [0.2, 0.25) is 0 Å². The number of benzene rings is 8. The van der Waals surface area contributed by atoms with E-state index in [1.54, 1.807) is 0 Å². The fourth-order valence-electron chi connectivity index (χ4n) is 7.74. The number of hydrogen-bond donors (Lipinski definition) is 0. The molecule has 64 heavy (non-hydrogen) atoms. The van der Waals surface area contributed by atoms with Crippen LogP contribution in [0.1, 0.15) is 44.5 Å². The van der Waals surface area contributed by atoms with E-state index in [-0.39, 0.29) is 0 Å². The maximum Gasteiger partial charge on any atom is 0.147 e. The van der Waals surface area contributed by atoms with Crippen molar-refractivity contribution in [3.63, 3.8) is 0 Å².